The van der Waals surface area contributed by atoms with Crippen LogP contribution in [0, 0.1) is 0 Å². The maximum atomic E-state index is 9.70. The van der Waals surface area contributed by atoms with Gasteiger partial charge >= 0.3 is 16.5 Å². The summed E-state index contributed by atoms with van der Waals surface area (Å²) in [6.45, 7) is 1.47. The molecule has 9 heteroatoms. The molecule has 7 nitrogen and oxygen atoms in total. The van der Waals surface area contributed by atoms with Crippen molar-refractivity contribution in [1.29, 1.82) is 0 Å². The van der Waals surface area contributed by atoms with Crippen LogP contribution in [0.1, 0.15) is 6.92 Å². The molecule has 2 atom stereocenters. The van der Waals surface area contributed by atoms with E-state index in [1.165, 1.54) is 6.92 Å². The number of nitrogens with one attached hydrogen (secondary N) is 1. The molecule has 0 aromatic heterocycles. The molecule has 0 radical (unpaired) electrons. The lowest BCUT2D eigenvalue weighted by molar-refractivity contribution is -0.118. The van der Waals surface area contributed by atoms with Gasteiger partial charge in [-0.3, -0.25) is 13.9 Å². The maximum absolute atomic E-state index is 9.70. The molecule has 0 saturated heterocycles. The van der Waals surface area contributed by atoms with Gasteiger partial charge in [0.15, 0.2) is 0 Å². The standard InChI is InChI=1S/C3H7NO.H4O5P2/c1-3(5)4-2;1-6(2)5-7(3)4/h1-2H3,(H,4,5);6-7H,(H,1,2)(H,3,4). The highest BCUT2D eigenvalue weighted by Gasteiger charge is 1.93. The lowest BCUT2D eigenvalue weighted by atomic mass is 10.7. The van der Waals surface area contributed by atoms with E-state index in [0.717, 1.165) is 0 Å². The van der Waals surface area contributed by atoms with Crippen molar-refractivity contribution < 1.29 is 28.0 Å². The molecule has 2 unspecified atom stereocenters. The Morgan fingerprint density at radius 1 is 1.33 bits per heavy atom. The van der Waals surface area contributed by atoms with Gasteiger partial charge in [0, 0.05) is 14.0 Å². The van der Waals surface area contributed by atoms with Crippen LogP contribution in [0.25, 0.3) is 0 Å². The summed E-state index contributed by atoms with van der Waals surface area (Å²) in [6, 6.07) is 0. The Morgan fingerprint density at radius 3 is 1.58 bits per heavy atom. The van der Waals surface area contributed by atoms with E-state index in [2.05, 4.69) is 9.63 Å². The summed E-state index contributed by atoms with van der Waals surface area (Å²) < 4.78 is 22.3. The molecule has 74 valence electrons. The largest absolute Gasteiger partial charge is 0.359 e. The van der Waals surface area contributed by atoms with E-state index in [4.69, 9.17) is 9.79 Å². The van der Waals surface area contributed by atoms with Crippen molar-refractivity contribution in [2.45, 2.75) is 6.92 Å². The minimum Gasteiger partial charge on any atom is -0.359 e. The predicted molar refractivity (Wildman–Crippen MR) is 43.3 cm³/mol. The van der Waals surface area contributed by atoms with Gasteiger partial charge in [-0.2, -0.15) is 0 Å². The number of hydrogen-bond donors (Lipinski definition) is 3. The molecule has 0 spiro atoms. The third kappa shape index (κ3) is 22.6. The summed E-state index contributed by atoms with van der Waals surface area (Å²) in [4.78, 5) is 25.1. The molecular formula is C3H11NO6P2. The van der Waals surface area contributed by atoms with Gasteiger partial charge in [0.1, 0.15) is 0 Å². The highest BCUT2D eigenvalue weighted by Crippen LogP contribution is 2.30. The normalized spacial score (nSPS) is 13.7. The quantitative estimate of drug-likeness (QED) is 0.540. The molecule has 0 bridgehead atoms. The predicted octanol–water partition coefficient (Wildman–Crippen LogP) is -0.481. The molecule has 1 amide bonds. The summed E-state index contributed by atoms with van der Waals surface area (Å²) in [5.74, 6) is 0.00463. The molecule has 0 aliphatic heterocycles. The molecule has 0 saturated carbocycles. The van der Waals surface area contributed by atoms with Crippen molar-refractivity contribution in [3.63, 3.8) is 0 Å². The Labute approximate surface area is 70.6 Å². The SMILES string of the molecule is CNC(C)=O.O=[PH](O)O[PH](=O)O. The van der Waals surface area contributed by atoms with Gasteiger partial charge in [-0.15, -0.1) is 0 Å². The van der Waals surface area contributed by atoms with Crippen molar-refractivity contribution in [3.8, 4) is 0 Å². The van der Waals surface area contributed by atoms with Crippen molar-refractivity contribution in [2.75, 3.05) is 7.05 Å². The summed E-state index contributed by atoms with van der Waals surface area (Å²) in [5, 5.41) is 2.39. The van der Waals surface area contributed by atoms with Crippen LogP contribution < -0.4 is 5.32 Å². The molecule has 0 heterocycles. The Hall–Kier alpha value is -0.190. The Morgan fingerprint density at radius 2 is 1.58 bits per heavy atom. The Bertz CT molecular complexity index is 170. The smallest absolute Gasteiger partial charge is 0.323 e. The molecule has 0 aliphatic rings. The second-order valence-corrected chi connectivity index (χ2v) is 3.32. The van der Waals surface area contributed by atoms with E-state index >= 15 is 0 Å². The van der Waals surface area contributed by atoms with Gasteiger partial charge in [0.2, 0.25) is 5.91 Å². The zero-order valence-corrected chi connectivity index (χ0v) is 8.53. The zero-order chi connectivity index (χ0) is 10.1. The van der Waals surface area contributed by atoms with Crippen LogP contribution in [-0.4, -0.2) is 22.7 Å². The molecule has 12 heavy (non-hydrogen) atoms. The van der Waals surface area contributed by atoms with Gasteiger partial charge in [-0.1, -0.05) is 0 Å². The first kappa shape index (κ1) is 14.3. The highest BCUT2D eigenvalue weighted by molar-refractivity contribution is 7.46. The maximum Gasteiger partial charge on any atom is 0.323 e. The monoisotopic (exact) mass is 219 g/mol. The van der Waals surface area contributed by atoms with Gasteiger partial charge in [-0.25, -0.2) is 4.31 Å². The number of hydrogen-bond acceptors (Lipinski definition) is 4. The first-order chi connectivity index (χ1) is 5.40. The zero-order valence-electron chi connectivity index (χ0n) is 6.53. The summed E-state index contributed by atoms with van der Waals surface area (Å²) in [7, 11) is -4.80. The Balaban J connectivity index is 0. The fraction of sp³-hybridized carbons (Fsp3) is 0.667. The topological polar surface area (TPSA) is 113 Å². The van der Waals surface area contributed by atoms with Crippen LogP contribution in [0.4, 0.5) is 0 Å². The van der Waals surface area contributed by atoms with Crippen LogP contribution in [0.3, 0.4) is 0 Å². The lowest BCUT2D eigenvalue weighted by Gasteiger charge is -1.86. The van der Waals surface area contributed by atoms with Crippen LogP contribution in [-0.2, 0) is 18.2 Å². The van der Waals surface area contributed by atoms with E-state index in [1.54, 1.807) is 7.05 Å². The number of carbonyl (C=O) groups excluding carboxylic acids is 1. The average Bonchev–Trinajstić information content (AvgIpc) is 1.85. The number of rotatable bonds is 2. The third-order valence-corrected chi connectivity index (χ3v) is 1.92. The second-order valence-electron chi connectivity index (χ2n) is 1.44. The van der Waals surface area contributed by atoms with E-state index < -0.39 is 16.5 Å². The fourth-order valence-electron chi connectivity index (χ4n) is 0.0747. The number of carbonyl (C=O) groups is 1. The lowest BCUT2D eigenvalue weighted by Crippen LogP contribution is -2.11. The number of amides is 1. The van der Waals surface area contributed by atoms with Crippen LogP contribution in [0.15, 0.2) is 0 Å². The minimum atomic E-state index is -3.20. The molecular weight excluding hydrogens is 208 g/mol. The highest BCUT2D eigenvalue weighted by atomic mass is 31.2. The van der Waals surface area contributed by atoms with Gasteiger partial charge in [-0.05, 0) is 0 Å². The molecule has 0 aromatic rings. The van der Waals surface area contributed by atoms with E-state index in [9.17, 15) is 13.9 Å². The molecule has 0 rings (SSSR count). The van der Waals surface area contributed by atoms with Crippen LogP contribution in [0.2, 0.25) is 0 Å². The van der Waals surface area contributed by atoms with Crippen molar-refractivity contribution >= 4 is 22.4 Å². The van der Waals surface area contributed by atoms with E-state index in [-0.39, 0.29) is 5.91 Å². The third-order valence-electron chi connectivity index (χ3n) is 0.527. The van der Waals surface area contributed by atoms with E-state index in [1.807, 2.05) is 0 Å². The molecule has 0 fully saturated rings. The summed E-state index contributed by atoms with van der Waals surface area (Å²) in [5.41, 5.74) is 0. The average molecular weight is 219 g/mol. The van der Waals surface area contributed by atoms with Gasteiger partial charge < -0.3 is 15.1 Å². The second kappa shape index (κ2) is 8.90. The van der Waals surface area contributed by atoms with Crippen LogP contribution in [0.5, 0.6) is 0 Å². The van der Waals surface area contributed by atoms with Crippen molar-refractivity contribution in [1.82, 2.24) is 5.32 Å². The van der Waals surface area contributed by atoms with Crippen molar-refractivity contribution in [2.24, 2.45) is 0 Å². The van der Waals surface area contributed by atoms with E-state index in [0.29, 0.717) is 0 Å². The summed E-state index contributed by atoms with van der Waals surface area (Å²) >= 11 is 0. The summed E-state index contributed by atoms with van der Waals surface area (Å²) in [6.07, 6.45) is 0. The van der Waals surface area contributed by atoms with Crippen LogP contribution >= 0.6 is 16.5 Å². The molecule has 0 aliphatic carbocycles. The van der Waals surface area contributed by atoms with Crippen molar-refractivity contribution in [3.05, 3.63) is 0 Å². The first-order valence-electron chi connectivity index (χ1n) is 2.72. The van der Waals surface area contributed by atoms with Gasteiger partial charge in [0.05, 0.1) is 0 Å². The minimum absolute atomic E-state index is 0.00463. The molecule has 0 aromatic carbocycles. The fourth-order valence-corrected chi connectivity index (χ4v) is 0.672. The van der Waals surface area contributed by atoms with Gasteiger partial charge in [0.25, 0.3) is 0 Å². The molecule has 3 N–H and O–H groups in total. The Kier molecular flexibility index (Phi) is 10.6. The first-order valence-corrected chi connectivity index (χ1v) is 5.25.